The number of alkyl halides is 3. The van der Waals surface area contributed by atoms with Gasteiger partial charge < -0.3 is 10.1 Å². The van der Waals surface area contributed by atoms with Crippen molar-refractivity contribution in [2.24, 2.45) is 0 Å². The van der Waals surface area contributed by atoms with Crippen molar-refractivity contribution >= 4 is 35.3 Å². The summed E-state index contributed by atoms with van der Waals surface area (Å²) in [4.78, 5) is 26.4. The zero-order chi connectivity index (χ0) is 17.5. The zero-order valence-electron chi connectivity index (χ0n) is 11.9. The first-order valence-electron chi connectivity index (χ1n) is 6.16. The first kappa shape index (κ1) is 19.5. The number of pyridine rings is 1. The number of hydrogen-bond donors (Lipinski definition) is 2. The Kier molecular flexibility index (Phi) is 7.59. The molecule has 0 aliphatic heterocycles. The van der Waals surface area contributed by atoms with Gasteiger partial charge >= 0.3 is 12.2 Å². The number of halogens is 4. The summed E-state index contributed by atoms with van der Waals surface area (Å²) in [6.07, 6.45) is -3.92. The highest BCUT2D eigenvalue weighted by atomic mass is 35.5. The summed E-state index contributed by atoms with van der Waals surface area (Å²) < 4.78 is 42.1. The SMILES string of the molecule is COCCNC(=O)NC(=O)CSc1ncc(C(F)(F)F)cc1Cl. The van der Waals surface area contributed by atoms with Gasteiger partial charge in [-0.25, -0.2) is 9.78 Å². The third-order valence-corrected chi connectivity index (χ3v) is 3.72. The maximum atomic E-state index is 12.5. The Hall–Kier alpha value is -1.52. The quantitative estimate of drug-likeness (QED) is 0.592. The maximum Gasteiger partial charge on any atom is 0.417 e. The van der Waals surface area contributed by atoms with Crippen molar-refractivity contribution in [3.63, 3.8) is 0 Å². The molecule has 6 nitrogen and oxygen atoms in total. The first-order valence-corrected chi connectivity index (χ1v) is 7.52. The lowest BCUT2D eigenvalue weighted by Crippen LogP contribution is -2.41. The van der Waals surface area contributed by atoms with Gasteiger partial charge in [0.15, 0.2) is 0 Å². The largest absolute Gasteiger partial charge is 0.417 e. The minimum absolute atomic E-state index is 0.0645. The average molecular weight is 372 g/mol. The van der Waals surface area contributed by atoms with Crippen LogP contribution in [0.15, 0.2) is 17.3 Å². The van der Waals surface area contributed by atoms with Crippen molar-refractivity contribution in [3.05, 3.63) is 22.8 Å². The van der Waals surface area contributed by atoms with E-state index in [1.165, 1.54) is 7.11 Å². The zero-order valence-corrected chi connectivity index (χ0v) is 13.4. The fraction of sp³-hybridized carbons (Fsp3) is 0.417. The van der Waals surface area contributed by atoms with E-state index in [2.05, 4.69) is 10.3 Å². The standard InChI is InChI=1S/C12H13ClF3N3O3S/c1-22-3-2-17-11(21)19-9(20)6-23-10-8(13)4-7(5-18-10)12(14,15)16/h4-5H,2-3,6H2,1H3,(H2,17,19,20,21). The minimum Gasteiger partial charge on any atom is -0.383 e. The molecular weight excluding hydrogens is 359 g/mol. The van der Waals surface area contributed by atoms with E-state index in [4.69, 9.17) is 16.3 Å². The molecule has 0 atom stereocenters. The molecule has 0 radical (unpaired) electrons. The second-order valence-electron chi connectivity index (χ2n) is 4.09. The number of imide groups is 1. The summed E-state index contributed by atoms with van der Waals surface area (Å²) in [7, 11) is 1.46. The van der Waals surface area contributed by atoms with Crippen LogP contribution >= 0.6 is 23.4 Å². The molecular formula is C12H13ClF3N3O3S. The van der Waals surface area contributed by atoms with Gasteiger partial charge in [-0.2, -0.15) is 13.2 Å². The van der Waals surface area contributed by atoms with E-state index in [9.17, 15) is 22.8 Å². The average Bonchev–Trinajstić information content (AvgIpc) is 2.45. The fourth-order valence-corrected chi connectivity index (χ4v) is 2.29. The number of amides is 3. The lowest BCUT2D eigenvalue weighted by Gasteiger charge is -2.09. The molecule has 2 N–H and O–H groups in total. The Morgan fingerprint density at radius 2 is 2.13 bits per heavy atom. The second-order valence-corrected chi connectivity index (χ2v) is 5.47. The van der Waals surface area contributed by atoms with Crippen LogP contribution in [0, 0.1) is 0 Å². The van der Waals surface area contributed by atoms with Crippen molar-refractivity contribution in [3.8, 4) is 0 Å². The normalized spacial score (nSPS) is 11.2. The number of ether oxygens (including phenoxy) is 1. The van der Waals surface area contributed by atoms with Crippen molar-refractivity contribution in [1.29, 1.82) is 0 Å². The molecule has 0 saturated carbocycles. The molecule has 1 aromatic rings. The third-order valence-electron chi connectivity index (χ3n) is 2.32. The van der Waals surface area contributed by atoms with Crippen LogP contribution in [0.2, 0.25) is 5.02 Å². The van der Waals surface area contributed by atoms with E-state index in [1.54, 1.807) is 0 Å². The lowest BCUT2D eigenvalue weighted by molar-refractivity contribution is -0.137. The van der Waals surface area contributed by atoms with Crippen LogP contribution in [-0.2, 0) is 15.7 Å². The highest BCUT2D eigenvalue weighted by Gasteiger charge is 2.31. The number of urea groups is 1. The van der Waals surface area contributed by atoms with E-state index in [0.717, 1.165) is 17.8 Å². The monoisotopic (exact) mass is 371 g/mol. The number of methoxy groups -OCH3 is 1. The molecule has 0 saturated heterocycles. The van der Waals surface area contributed by atoms with Gasteiger partial charge in [0, 0.05) is 19.9 Å². The van der Waals surface area contributed by atoms with E-state index >= 15 is 0 Å². The molecule has 0 unspecified atom stereocenters. The van der Waals surface area contributed by atoms with E-state index < -0.39 is 23.7 Å². The molecule has 1 heterocycles. The number of aromatic nitrogens is 1. The van der Waals surface area contributed by atoms with Crippen LogP contribution in [0.3, 0.4) is 0 Å². The Balaban J connectivity index is 2.49. The number of hydrogen-bond acceptors (Lipinski definition) is 5. The molecule has 0 bridgehead atoms. The van der Waals surface area contributed by atoms with Gasteiger partial charge in [-0.1, -0.05) is 23.4 Å². The molecule has 128 valence electrons. The molecule has 1 rings (SSSR count). The molecule has 0 fully saturated rings. The van der Waals surface area contributed by atoms with Crippen LogP contribution in [0.25, 0.3) is 0 Å². The summed E-state index contributed by atoms with van der Waals surface area (Å²) in [6.45, 7) is 0.524. The number of carbonyl (C=O) groups is 2. The number of nitrogens with zero attached hydrogens (tertiary/aromatic N) is 1. The summed E-state index contributed by atoms with van der Waals surface area (Å²) in [6, 6.07) is 0.0332. The lowest BCUT2D eigenvalue weighted by atomic mass is 10.3. The van der Waals surface area contributed by atoms with Crippen LogP contribution in [0.1, 0.15) is 5.56 Å². The van der Waals surface area contributed by atoms with Crippen molar-refractivity contribution in [1.82, 2.24) is 15.6 Å². The molecule has 0 aromatic carbocycles. The van der Waals surface area contributed by atoms with Gasteiger partial charge in [0.2, 0.25) is 5.91 Å². The predicted octanol–water partition coefficient (Wildman–Crippen LogP) is 2.32. The molecule has 1 aromatic heterocycles. The fourth-order valence-electron chi connectivity index (χ4n) is 1.29. The summed E-state index contributed by atoms with van der Waals surface area (Å²) in [5, 5.41) is 4.27. The minimum atomic E-state index is -4.54. The highest BCUT2D eigenvalue weighted by molar-refractivity contribution is 8.00. The summed E-state index contributed by atoms with van der Waals surface area (Å²) in [5.41, 5.74) is -0.978. The maximum absolute atomic E-state index is 12.5. The Bertz CT molecular complexity index is 572. The summed E-state index contributed by atoms with van der Waals surface area (Å²) >= 11 is 6.52. The van der Waals surface area contributed by atoms with Gasteiger partial charge in [0.25, 0.3) is 0 Å². The van der Waals surface area contributed by atoms with Crippen molar-refractivity contribution < 1.29 is 27.5 Å². The van der Waals surface area contributed by atoms with Crippen LogP contribution < -0.4 is 10.6 Å². The van der Waals surface area contributed by atoms with Crippen molar-refractivity contribution in [2.75, 3.05) is 26.0 Å². The van der Waals surface area contributed by atoms with Crippen LogP contribution in [0.5, 0.6) is 0 Å². The highest BCUT2D eigenvalue weighted by Crippen LogP contribution is 2.33. The van der Waals surface area contributed by atoms with Gasteiger partial charge in [-0.15, -0.1) is 0 Å². The van der Waals surface area contributed by atoms with Gasteiger partial charge in [-0.05, 0) is 6.07 Å². The van der Waals surface area contributed by atoms with Gasteiger partial charge in [-0.3, -0.25) is 10.1 Å². The Morgan fingerprint density at radius 3 is 2.70 bits per heavy atom. The number of nitrogens with one attached hydrogen (secondary N) is 2. The molecule has 0 aliphatic rings. The first-order chi connectivity index (χ1) is 10.7. The predicted molar refractivity (Wildman–Crippen MR) is 78.4 cm³/mol. The third kappa shape index (κ3) is 7.06. The van der Waals surface area contributed by atoms with E-state index in [1.807, 2.05) is 5.32 Å². The van der Waals surface area contributed by atoms with Crippen molar-refractivity contribution in [2.45, 2.75) is 11.2 Å². The van der Waals surface area contributed by atoms with Crippen LogP contribution in [0.4, 0.5) is 18.0 Å². The summed E-state index contributed by atoms with van der Waals surface area (Å²) in [5.74, 6) is -0.863. The Morgan fingerprint density at radius 1 is 1.43 bits per heavy atom. The molecule has 11 heteroatoms. The molecule has 0 spiro atoms. The van der Waals surface area contributed by atoms with Gasteiger partial charge in [0.1, 0.15) is 5.03 Å². The van der Waals surface area contributed by atoms with E-state index in [0.29, 0.717) is 12.8 Å². The van der Waals surface area contributed by atoms with Gasteiger partial charge in [0.05, 0.1) is 22.9 Å². The number of thioether (sulfide) groups is 1. The Labute approximate surface area is 139 Å². The van der Waals surface area contributed by atoms with E-state index in [-0.39, 0.29) is 22.3 Å². The smallest absolute Gasteiger partial charge is 0.383 e. The molecule has 3 amide bonds. The van der Waals surface area contributed by atoms with Crippen LogP contribution in [-0.4, -0.2) is 42.9 Å². The number of rotatable bonds is 6. The topological polar surface area (TPSA) is 80.3 Å². The molecule has 23 heavy (non-hydrogen) atoms. The second kappa shape index (κ2) is 8.94. The number of carbonyl (C=O) groups excluding carboxylic acids is 2. The molecule has 0 aliphatic carbocycles.